The van der Waals surface area contributed by atoms with Gasteiger partial charge >= 0.3 is 0 Å². The SMILES string of the molecule is O=S(=O)(NCCc1ccsc1)c1ccc(CNC2CC2)o1. The van der Waals surface area contributed by atoms with Crippen molar-refractivity contribution in [3.8, 4) is 0 Å². The van der Waals surface area contributed by atoms with E-state index in [9.17, 15) is 8.42 Å². The first-order valence-corrected chi connectivity index (χ1v) is 9.39. The monoisotopic (exact) mass is 326 g/mol. The molecule has 0 amide bonds. The first kappa shape index (κ1) is 14.8. The summed E-state index contributed by atoms with van der Waals surface area (Å²) in [7, 11) is -3.56. The molecule has 114 valence electrons. The zero-order chi connectivity index (χ0) is 14.7. The Balaban J connectivity index is 1.53. The van der Waals surface area contributed by atoms with Crippen LogP contribution in [0.25, 0.3) is 0 Å². The van der Waals surface area contributed by atoms with Crippen LogP contribution in [0.1, 0.15) is 24.2 Å². The molecule has 0 aliphatic heterocycles. The highest BCUT2D eigenvalue weighted by Crippen LogP contribution is 2.20. The summed E-state index contributed by atoms with van der Waals surface area (Å²) in [6.45, 7) is 0.949. The van der Waals surface area contributed by atoms with Crippen LogP contribution in [0, 0.1) is 0 Å². The molecule has 0 bridgehead atoms. The Kier molecular flexibility index (Phi) is 4.44. The summed E-state index contributed by atoms with van der Waals surface area (Å²) < 4.78 is 32.2. The highest BCUT2D eigenvalue weighted by atomic mass is 32.2. The van der Waals surface area contributed by atoms with Gasteiger partial charge in [0.05, 0.1) is 6.54 Å². The van der Waals surface area contributed by atoms with Gasteiger partial charge in [0.15, 0.2) is 0 Å². The first-order valence-electron chi connectivity index (χ1n) is 6.96. The molecule has 2 aromatic heterocycles. The molecule has 7 heteroatoms. The van der Waals surface area contributed by atoms with Crippen LogP contribution >= 0.6 is 11.3 Å². The number of sulfonamides is 1. The van der Waals surface area contributed by atoms with E-state index in [1.807, 2.05) is 16.8 Å². The molecule has 2 aromatic rings. The third-order valence-corrected chi connectivity index (χ3v) is 5.40. The molecule has 5 nitrogen and oxygen atoms in total. The summed E-state index contributed by atoms with van der Waals surface area (Å²) in [5, 5.41) is 7.28. The molecule has 1 saturated carbocycles. The number of rotatable bonds is 8. The predicted octanol–water partition coefficient (Wildman–Crippen LogP) is 2.11. The van der Waals surface area contributed by atoms with Gasteiger partial charge in [-0.1, -0.05) is 0 Å². The van der Waals surface area contributed by atoms with Crippen molar-refractivity contribution in [2.24, 2.45) is 0 Å². The average Bonchev–Trinajstić information content (AvgIpc) is 2.93. The van der Waals surface area contributed by atoms with Crippen molar-refractivity contribution in [1.82, 2.24) is 10.0 Å². The zero-order valence-corrected chi connectivity index (χ0v) is 13.2. The largest absolute Gasteiger partial charge is 0.447 e. The molecule has 2 N–H and O–H groups in total. The Labute approximate surface area is 128 Å². The maximum absolute atomic E-state index is 12.1. The van der Waals surface area contributed by atoms with Gasteiger partial charge in [-0.2, -0.15) is 11.3 Å². The minimum absolute atomic E-state index is 0.0135. The summed E-state index contributed by atoms with van der Waals surface area (Å²) in [6, 6.07) is 5.78. The fourth-order valence-electron chi connectivity index (χ4n) is 1.97. The second-order valence-corrected chi connectivity index (χ2v) is 7.63. The van der Waals surface area contributed by atoms with Crippen molar-refractivity contribution < 1.29 is 12.8 Å². The summed E-state index contributed by atoms with van der Waals surface area (Å²) in [5.74, 6) is 0.653. The molecule has 2 heterocycles. The van der Waals surface area contributed by atoms with Gasteiger partial charge in [-0.3, -0.25) is 0 Å². The second-order valence-electron chi connectivity index (χ2n) is 5.16. The van der Waals surface area contributed by atoms with E-state index < -0.39 is 10.0 Å². The Morgan fingerprint density at radius 1 is 1.29 bits per heavy atom. The molecular weight excluding hydrogens is 308 g/mol. The normalized spacial score (nSPS) is 15.4. The topological polar surface area (TPSA) is 71.3 Å². The Morgan fingerprint density at radius 3 is 2.86 bits per heavy atom. The molecule has 0 radical (unpaired) electrons. The van der Waals surface area contributed by atoms with Crippen LogP contribution < -0.4 is 10.0 Å². The molecule has 0 unspecified atom stereocenters. The van der Waals surface area contributed by atoms with Crippen LogP contribution in [0.15, 0.2) is 38.5 Å². The molecule has 3 rings (SSSR count). The van der Waals surface area contributed by atoms with Crippen LogP contribution in [-0.2, 0) is 23.0 Å². The standard InChI is InChI=1S/C14H18N2O3S2/c17-21(18,16-7-5-11-6-8-20-10-11)14-4-3-13(19-14)9-15-12-1-2-12/h3-4,6,8,10,12,15-16H,1-2,5,7,9H2. The Morgan fingerprint density at radius 2 is 2.14 bits per heavy atom. The van der Waals surface area contributed by atoms with Crippen molar-refractivity contribution in [1.29, 1.82) is 0 Å². The van der Waals surface area contributed by atoms with Crippen molar-refractivity contribution in [3.63, 3.8) is 0 Å². The van der Waals surface area contributed by atoms with E-state index in [1.54, 1.807) is 17.4 Å². The molecule has 21 heavy (non-hydrogen) atoms. The van der Waals surface area contributed by atoms with E-state index in [-0.39, 0.29) is 5.09 Å². The molecule has 1 aliphatic rings. The van der Waals surface area contributed by atoms with Crippen molar-refractivity contribution in [2.45, 2.75) is 36.9 Å². The predicted molar refractivity (Wildman–Crippen MR) is 81.8 cm³/mol. The van der Waals surface area contributed by atoms with E-state index in [1.165, 1.54) is 18.9 Å². The number of hydrogen-bond donors (Lipinski definition) is 2. The van der Waals surface area contributed by atoms with Gasteiger partial charge in [0.2, 0.25) is 5.09 Å². The highest BCUT2D eigenvalue weighted by molar-refractivity contribution is 7.89. The summed E-state index contributed by atoms with van der Waals surface area (Å²) in [4.78, 5) is 0. The second kappa shape index (κ2) is 6.31. The van der Waals surface area contributed by atoms with Gasteiger partial charge in [-0.25, -0.2) is 13.1 Å². The minimum atomic E-state index is -3.56. The van der Waals surface area contributed by atoms with Crippen LogP contribution in [0.3, 0.4) is 0 Å². The van der Waals surface area contributed by atoms with E-state index >= 15 is 0 Å². The minimum Gasteiger partial charge on any atom is -0.447 e. The van der Waals surface area contributed by atoms with E-state index in [0.717, 1.165) is 5.56 Å². The lowest BCUT2D eigenvalue weighted by molar-refractivity contribution is 0.399. The van der Waals surface area contributed by atoms with Crippen molar-refractivity contribution in [3.05, 3.63) is 40.3 Å². The Bertz CT molecular complexity index is 673. The third-order valence-electron chi connectivity index (χ3n) is 3.33. The van der Waals surface area contributed by atoms with Gasteiger partial charge in [-0.05, 0) is 53.8 Å². The Hall–Kier alpha value is -1.15. The molecular formula is C14H18N2O3S2. The van der Waals surface area contributed by atoms with Crippen LogP contribution in [0.5, 0.6) is 0 Å². The van der Waals surface area contributed by atoms with Crippen LogP contribution in [-0.4, -0.2) is 21.0 Å². The smallest absolute Gasteiger partial charge is 0.273 e. The third kappa shape index (κ3) is 4.16. The average molecular weight is 326 g/mol. The summed E-state index contributed by atoms with van der Waals surface area (Å²) >= 11 is 1.61. The quantitative estimate of drug-likeness (QED) is 0.779. The molecule has 1 fully saturated rings. The maximum Gasteiger partial charge on any atom is 0.273 e. The van der Waals surface area contributed by atoms with Crippen LogP contribution in [0.2, 0.25) is 0 Å². The summed E-state index contributed by atoms with van der Waals surface area (Å²) in [6.07, 6.45) is 3.06. The maximum atomic E-state index is 12.1. The van der Waals surface area contributed by atoms with Gasteiger partial charge in [-0.15, -0.1) is 0 Å². The first-order chi connectivity index (χ1) is 10.1. The number of nitrogens with one attached hydrogen (secondary N) is 2. The fourth-order valence-corrected chi connectivity index (χ4v) is 3.65. The van der Waals surface area contributed by atoms with E-state index in [2.05, 4.69) is 10.0 Å². The van der Waals surface area contributed by atoms with E-state index in [4.69, 9.17) is 4.42 Å². The lowest BCUT2D eigenvalue weighted by atomic mass is 10.2. The number of furan rings is 1. The van der Waals surface area contributed by atoms with Crippen molar-refractivity contribution >= 4 is 21.4 Å². The molecule has 0 atom stereocenters. The summed E-state index contributed by atoms with van der Waals surface area (Å²) in [5.41, 5.74) is 1.14. The van der Waals surface area contributed by atoms with Crippen LogP contribution in [0.4, 0.5) is 0 Å². The van der Waals surface area contributed by atoms with Gasteiger partial charge in [0, 0.05) is 12.6 Å². The van der Waals surface area contributed by atoms with Gasteiger partial charge in [0.25, 0.3) is 10.0 Å². The fraction of sp³-hybridized carbons (Fsp3) is 0.429. The zero-order valence-electron chi connectivity index (χ0n) is 11.5. The molecule has 1 aliphatic carbocycles. The van der Waals surface area contributed by atoms with Gasteiger partial charge < -0.3 is 9.73 Å². The van der Waals surface area contributed by atoms with Gasteiger partial charge in [0.1, 0.15) is 5.76 Å². The number of thiophene rings is 1. The molecule has 0 saturated heterocycles. The highest BCUT2D eigenvalue weighted by Gasteiger charge is 2.22. The van der Waals surface area contributed by atoms with E-state index in [0.29, 0.717) is 31.3 Å². The van der Waals surface area contributed by atoms with Crippen molar-refractivity contribution in [2.75, 3.05) is 6.54 Å². The molecule has 0 aromatic carbocycles. The lowest BCUT2D eigenvalue weighted by Crippen LogP contribution is -2.25. The number of hydrogen-bond acceptors (Lipinski definition) is 5. The lowest BCUT2D eigenvalue weighted by Gasteiger charge is -2.03. The molecule has 0 spiro atoms.